The molecule has 0 atom stereocenters. The molecule has 0 saturated heterocycles. The van der Waals surface area contributed by atoms with Crippen molar-refractivity contribution < 1.29 is 13.9 Å². The van der Waals surface area contributed by atoms with Crippen molar-refractivity contribution in [3.8, 4) is 17.2 Å². The summed E-state index contributed by atoms with van der Waals surface area (Å²) < 4.78 is 11.5. The molecule has 4 rings (SSSR count). The number of hydrogen-bond acceptors (Lipinski definition) is 6. The highest BCUT2D eigenvalue weighted by Gasteiger charge is 2.28. The molecule has 0 aliphatic carbocycles. The van der Waals surface area contributed by atoms with Crippen LogP contribution in [0.3, 0.4) is 0 Å². The number of ether oxygens (including phenoxy) is 1. The molecular formula is C20H21ClN4O3. The number of amides is 1. The van der Waals surface area contributed by atoms with Gasteiger partial charge in [0, 0.05) is 31.3 Å². The number of carbonyl (C=O) groups excluding carboxylic acids is 1. The van der Waals surface area contributed by atoms with Gasteiger partial charge in [0.05, 0.1) is 6.54 Å². The van der Waals surface area contributed by atoms with Crippen LogP contribution in [0.2, 0.25) is 0 Å². The zero-order valence-corrected chi connectivity index (χ0v) is 16.0. The first-order valence-electron chi connectivity index (χ1n) is 8.87. The van der Waals surface area contributed by atoms with Gasteiger partial charge < -0.3 is 19.8 Å². The van der Waals surface area contributed by atoms with Crippen molar-refractivity contribution >= 4 is 18.3 Å². The van der Waals surface area contributed by atoms with E-state index in [0.29, 0.717) is 50.0 Å². The number of carbonyl (C=O) groups is 1. The van der Waals surface area contributed by atoms with Gasteiger partial charge in [0.1, 0.15) is 18.1 Å². The molecule has 0 radical (unpaired) electrons. The average molecular weight is 401 g/mol. The normalized spacial score (nSPS) is 12.8. The van der Waals surface area contributed by atoms with Gasteiger partial charge in [-0.3, -0.25) is 4.79 Å². The zero-order valence-electron chi connectivity index (χ0n) is 15.2. The van der Waals surface area contributed by atoms with Crippen LogP contribution in [0, 0.1) is 0 Å². The standard InChI is InChI=1S/C20H20N4O3.ClH/c21-9-12-26-17-7-4-10-22-18(17)20(25)24-11-8-16-15(13-24)23-19(27-16)14-5-2-1-3-6-14;/h1-7,10H,8-9,11-13,21H2;1H. The van der Waals surface area contributed by atoms with Crippen molar-refractivity contribution in [1.82, 2.24) is 14.9 Å². The molecule has 28 heavy (non-hydrogen) atoms. The van der Waals surface area contributed by atoms with Gasteiger partial charge in [-0.15, -0.1) is 12.4 Å². The lowest BCUT2D eigenvalue weighted by Crippen LogP contribution is -2.36. The van der Waals surface area contributed by atoms with Gasteiger partial charge in [0.25, 0.3) is 5.91 Å². The molecule has 0 saturated carbocycles. The summed E-state index contributed by atoms with van der Waals surface area (Å²) in [5, 5.41) is 0. The van der Waals surface area contributed by atoms with Crippen molar-refractivity contribution in [3.05, 3.63) is 65.8 Å². The Hall–Kier alpha value is -2.90. The van der Waals surface area contributed by atoms with E-state index in [1.165, 1.54) is 0 Å². The highest BCUT2D eigenvalue weighted by Crippen LogP contribution is 2.27. The number of fused-ring (bicyclic) bond motifs is 1. The maximum Gasteiger partial charge on any atom is 0.276 e. The van der Waals surface area contributed by atoms with Gasteiger partial charge in [-0.05, 0) is 24.3 Å². The number of benzene rings is 1. The molecule has 0 spiro atoms. The Morgan fingerprint density at radius 1 is 1.21 bits per heavy atom. The van der Waals surface area contributed by atoms with E-state index in [9.17, 15) is 4.79 Å². The van der Waals surface area contributed by atoms with Crippen molar-refractivity contribution in [1.29, 1.82) is 0 Å². The minimum atomic E-state index is -0.183. The first-order chi connectivity index (χ1) is 13.3. The van der Waals surface area contributed by atoms with Crippen LogP contribution in [0.5, 0.6) is 5.75 Å². The molecule has 1 aliphatic rings. The Labute approximate surface area is 168 Å². The van der Waals surface area contributed by atoms with E-state index in [0.717, 1.165) is 17.0 Å². The summed E-state index contributed by atoms with van der Waals surface area (Å²) in [7, 11) is 0. The predicted octanol–water partition coefficient (Wildman–Crippen LogP) is 2.69. The van der Waals surface area contributed by atoms with Crippen molar-refractivity contribution in [2.45, 2.75) is 13.0 Å². The van der Waals surface area contributed by atoms with Crippen LogP contribution in [0.1, 0.15) is 21.9 Å². The lowest BCUT2D eigenvalue weighted by Gasteiger charge is -2.25. The molecule has 3 heterocycles. The molecule has 0 unspecified atom stereocenters. The number of pyridine rings is 1. The minimum absolute atomic E-state index is 0. The number of nitrogens with two attached hydrogens (primary N) is 1. The number of rotatable bonds is 5. The van der Waals surface area contributed by atoms with Crippen LogP contribution in [-0.4, -0.2) is 40.5 Å². The van der Waals surface area contributed by atoms with Crippen LogP contribution in [-0.2, 0) is 13.0 Å². The van der Waals surface area contributed by atoms with E-state index in [4.69, 9.17) is 14.9 Å². The molecule has 0 bridgehead atoms. The summed E-state index contributed by atoms with van der Waals surface area (Å²) in [5.41, 5.74) is 7.49. The summed E-state index contributed by atoms with van der Waals surface area (Å²) >= 11 is 0. The third-order valence-corrected chi connectivity index (χ3v) is 4.38. The summed E-state index contributed by atoms with van der Waals surface area (Å²) in [6.07, 6.45) is 2.20. The quantitative estimate of drug-likeness (QED) is 0.707. The molecule has 1 aromatic carbocycles. The van der Waals surface area contributed by atoms with Crippen molar-refractivity contribution in [2.24, 2.45) is 5.73 Å². The van der Waals surface area contributed by atoms with Crippen LogP contribution < -0.4 is 10.5 Å². The van der Waals surface area contributed by atoms with E-state index in [1.54, 1.807) is 23.2 Å². The number of halogens is 1. The van der Waals surface area contributed by atoms with Crippen molar-refractivity contribution in [3.63, 3.8) is 0 Å². The number of oxazole rings is 1. The Bertz CT molecular complexity index is 946. The minimum Gasteiger partial charge on any atom is -0.490 e. The third kappa shape index (κ3) is 4.00. The fraction of sp³-hybridized carbons (Fsp3) is 0.250. The number of hydrogen-bond donors (Lipinski definition) is 1. The molecule has 1 amide bonds. The highest BCUT2D eigenvalue weighted by molar-refractivity contribution is 5.95. The fourth-order valence-corrected chi connectivity index (χ4v) is 3.06. The first-order valence-corrected chi connectivity index (χ1v) is 8.87. The van der Waals surface area contributed by atoms with Gasteiger partial charge in [0.15, 0.2) is 11.4 Å². The van der Waals surface area contributed by atoms with E-state index >= 15 is 0 Å². The SMILES string of the molecule is Cl.NCCOc1cccnc1C(=O)N1CCc2oc(-c3ccccc3)nc2C1. The molecule has 146 valence electrons. The summed E-state index contributed by atoms with van der Waals surface area (Å²) in [5.74, 6) is 1.68. The van der Waals surface area contributed by atoms with E-state index in [2.05, 4.69) is 9.97 Å². The molecular weight excluding hydrogens is 380 g/mol. The van der Waals surface area contributed by atoms with Gasteiger partial charge in [0.2, 0.25) is 5.89 Å². The van der Waals surface area contributed by atoms with Gasteiger partial charge in [-0.25, -0.2) is 9.97 Å². The molecule has 3 aromatic rings. The zero-order chi connectivity index (χ0) is 18.6. The fourth-order valence-electron chi connectivity index (χ4n) is 3.06. The molecule has 2 aromatic heterocycles. The molecule has 0 fully saturated rings. The van der Waals surface area contributed by atoms with Crippen LogP contribution in [0.25, 0.3) is 11.5 Å². The van der Waals surface area contributed by atoms with Crippen LogP contribution >= 0.6 is 12.4 Å². The van der Waals surface area contributed by atoms with Gasteiger partial charge in [-0.1, -0.05) is 18.2 Å². The average Bonchev–Trinajstić information content (AvgIpc) is 3.16. The summed E-state index contributed by atoms with van der Waals surface area (Å²) in [6.45, 7) is 1.64. The summed E-state index contributed by atoms with van der Waals surface area (Å²) in [6, 6.07) is 13.2. The third-order valence-electron chi connectivity index (χ3n) is 4.38. The number of aromatic nitrogens is 2. The Kier molecular flexibility index (Phi) is 6.28. The van der Waals surface area contributed by atoms with Crippen LogP contribution in [0.15, 0.2) is 53.1 Å². The Morgan fingerprint density at radius 2 is 2.04 bits per heavy atom. The second-order valence-electron chi connectivity index (χ2n) is 6.22. The summed E-state index contributed by atoms with van der Waals surface area (Å²) in [4.78, 5) is 23.5. The maximum atomic E-state index is 13.0. The highest BCUT2D eigenvalue weighted by atomic mass is 35.5. The molecule has 7 nitrogen and oxygen atoms in total. The van der Waals surface area contributed by atoms with Crippen molar-refractivity contribution in [2.75, 3.05) is 19.7 Å². The first kappa shape index (κ1) is 19.9. The van der Waals surface area contributed by atoms with E-state index < -0.39 is 0 Å². The molecule has 8 heteroatoms. The molecule has 2 N–H and O–H groups in total. The molecule has 1 aliphatic heterocycles. The smallest absolute Gasteiger partial charge is 0.276 e. The predicted molar refractivity (Wildman–Crippen MR) is 106 cm³/mol. The number of nitrogens with zero attached hydrogens (tertiary/aromatic N) is 3. The lowest BCUT2D eigenvalue weighted by atomic mass is 10.1. The topological polar surface area (TPSA) is 94.5 Å². The van der Waals surface area contributed by atoms with Gasteiger partial charge in [-0.2, -0.15) is 0 Å². The lowest BCUT2D eigenvalue weighted by molar-refractivity contribution is 0.0717. The van der Waals surface area contributed by atoms with Gasteiger partial charge >= 0.3 is 0 Å². The second kappa shape index (κ2) is 8.86. The second-order valence-corrected chi connectivity index (χ2v) is 6.22. The van der Waals surface area contributed by atoms with Crippen LogP contribution in [0.4, 0.5) is 0 Å². The Morgan fingerprint density at radius 3 is 2.82 bits per heavy atom. The monoisotopic (exact) mass is 400 g/mol. The Balaban J connectivity index is 0.00000225. The van der Waals surface area contributed by atoms with E-state index in [-0.39, 0.29) is 18.3 Å². The largest absolute Gasteiger partial charge is 0.490 e. The maximum absolute atomic E-state index is 13.0. The van der Waals surface area contributed by atoms with E-state index in [1.807, 2.05) is 30.3 Å².